The van der Waals surface area contributed by atoms with Crippen molar-refractivity contribution < 1.29 is 17.4 Å². The highest BCUT2D eigenvalue weighted by molar-refractivity contribution is 7.85. The zero-order valence-corrected chi connectivity index (χ0v) is 12.2. The normalized spacial score (nSPS) is 19.2. The van der Waals surface area contributed by atoms with Gasteiger partial charge < -0.3 is 0 Å². The molecule has 0 bridgehead atoms. The minimum atomic E-state index is -4.44. The van der Waals surface area contributed by atoms with Crippen molar-refractivity contribution >= 4 is 16.7 Å². The summed E-state index contributed by atoms with van der Waals surface area (Å²) in [6, 6.07) is 2.32. The zero-order valence-electron chi connectivity index (χ0n) is 11.4. The topological polar surface area (TPSA) is 42.3 Å². The largest absolute Gasteiger partial charge is 0.433 e. The van der Waals surface area contributed by atoms with E-state index in [4.69, 9.17) is 0 Å². The SMILES string of the molecule is CC(C)(C)S(=O)N=C1CCc2nc(C(F)(F)F)ccc21. The number of alkyl halides is 3. The van der Waals surface area contributed by atoms with E-state index in [2.05, 4.69) is 9.38 Å². The molecule has 1 aromatic heterocycles. The maximum Gasteiger partial charge on any atom is 0.433 e. The first-order chi connectivity index (χ1) is 9.09. The maximum absolute atomic E-state index is 12.6. The Hall–Kier alpha value is -1.24. The smallest absolute Gasteiger partial charge is 0.248 e. The Morgan fingerprint density at radius 3 is 2.40 bits per heavy atom. The molecular weight excluding hydrogens is 289 g/mol. The number of hydrogen-bond donors (Lipinski definition) is 0. The van der Waals surface area contributed by atoms with E-state index in [-0.39, 0.29) is 0 Å². The maximum atomic E-state index is 12.6. The molecule has 0 aromatic carbocycles. The van der Waals surface area contributed by atoms with Crippen molar-refractivity contribution in [2.75, 3.05) is 0 Å². The van der Waals surface area contributed by atoms with Crippen molar-refractivity contribution in [1.29, 1.82) is 0 Å². The lowest BCUT2D eigenvalue weighted by atomic mass is 10.2. The van der Waals surface area contributed by atoms with E-state index in [9.17, 15) is 17.4 Å². The molecule has 0 saturated carbocycles. The molecule has 0 fully saturated rings. The Morgan fingerprint density at radius 1 is 1.20 bits per heavy atom. The fourth-order valence-corrected chi connectivity index (χ4v) is 2.48. The molecule has 0 radical (unpaired) electrons. The number of nitrogens with zero attached hydrogens (tertiary/aromatic N) is 2. The molecule has 110 valence electrons. The van der Waals surface area contributed by atoms with Gasteiger partial charge in [-0.25, -0.2) is 9.19 Å². The van der Waals surface area contributed by atoms with Crippen molar-refractivity contribution in [3.63, 3.8) is 0 Å². The molecule has 3 nitrogen and oxygen atoms in total. The third-order valence-electron chi connectivity index (χ3n) is 2.89. The van der Waals surface area contributed by atoms with E-state index in [0.29, 0.717) is 29.8 Å². The lowest BCUT2D eigenvalue weighted by molar-refractivity contribution is -0.141. The fourth-order valence-electron chi connectivity index (χ4n) is 1.82. The molecule has 0 saturated heterocycles. The number of pyridine rings is 1. The summed E-state index contributed by atoms with van der Waals surface area (Å²) in [5.74, 6) is 0. The fraction of sp³-hybridized carbons (Fsp3) is 0.538. The molecule has 7 heteroatoms. The van der Waals surface area contributed by atoms with Crippen LogP contribution in [0.4, 0.5) is 13.2 Å². The van der Waals surface area contributed by atoms with Crippen molar-refractivity contribution in [3.8, 4) is 0 Å². The Balaban J connectivity index is 2.36. The molecule has 20 heavy (non-hydrogen) atoms. The van der Waals surface area contributed by atoms with Crippen LogP contribution in [0.3, 0.4) is 0 Å². The number of fused-ring (bicyclic) bond motifs is 1. The molecule has 1 aliphatic carbocycles. The Labute approximate surface area is 117 Å². The summed E-state index contributed by atoms with van der Waals surface area (Å²) in [5.41, 5.74) is 0.643. The molecule has 0 N–H and O–H groups in total. The Bertz CT molecular complexity index is 588. The van der Waals surface area contributed by atoms with E-state index in [1.807, 2.05) is 0 Å². The van der Waals surface area contributed by atoms with Crippen LogP contribution in [0.2, 0.25) is 0 Å². The van der Waals surface area contributed by atoms with Gasteiger partial charge in [-0.15, -0.1) is 0 Å². The molecule has 1 aromatic rings. The van der Waals surface area contributed by atoms with Crippen LogP contribution in [0, 0.1) is 0 Å². The highest BCUT2D eigenvalue weighted by atomic mass is 32.2. The van der Waals surface area contributed by atoms with Crippen LogP contribution in [-0.4, -0.2) is 19.7 Å². The highest BCUT2D eigenvalue weighted by Gasteiger charge is 2.34. The van der Waals surface area contributed by atoms with Crippen molar-refractivity contribution in [3.05, 3.63) is 29.1 Å². The van der Waals surface area contributed by atoms with Gasteiger partial charge in [0, 0.05) is 5.56 Å². The van der Waals surface area contributed by atoms with Crippen molar-refractivity contribution in [2.24, 2.45) is 4.40 Å². The van der Waals surface area contributed by atoms with Crippen LogP contribution in [0.15, 0.2) is 16.5 Å². The molecule has 0 spiro atoms. The molecule has 2 rings (SSSR count). The predicted octanol–water partition coefficient (Wildman–Crippen LogP) is 3.30. The van der Waals surface area contributed by atoms with Crippen LogP contribution in [-0.2, 0) is 23.6 Å². The average molecular weight is 304 g/mol. The molecular formula is C13H15F3N2OS. The summed E-state index contributed by atoms with van der Waals surface area (Å²) >= 11 is 0. The Morgan fingerprint density at radius 2 is 1.85 bits per heavy atom. The van der Waals surface area contributed by atoms with Gasteiger partial charge in [0.25, 0.3) is 0 Å². The lowest BCUT2D eigenvalue weighted by Gasteiger charge is -2.14. The quantitative estimate of drug-likeness (QED) is 0.799. The summed E-state index contributed by atoms with van der Waals surface area (Å²) in [4.78, 5) is 3.64. The van der Waals surface area contributed by atoms with Gasteiger partial charge in [0.05, 0.1) is 16.2 Å². The third kappa shape index (κ3) is 3.08. The Kier molecular flexibility index (Phi) is 3.75. The third-order valence-corrected chi connectivity index (χ3v) is 4.33. The van der Waals surface area contributed by atoms with Gasteiger partial charge >= 0.3 is 6.18 Å². The minimum absolute atomic E-state index is 0.379. The first-order valence-electron chi connectivity index (χ1n) is 6.16. The second-order valence-electron chi connectivity index (χ2n) is 5.59. The van der Waals surface area contributed by atoms with E-state index in [1.54, 1.807) is 20.8 Å². The predicted molar refractivity (Wildman–Crippen MR) is 72.0 cm³/mol. The van der Waals surface area contributed by atoms with Crippen molar-refractivity contribution in [2.45, 2.75) is 44.5 Å². The van der Waals surface area contributed by atoms with E-state index < -0.39 is 27.6 Å². The van der Waals surface area contributed by atoms with Crippen molar-refractivity contribution in [1.82, 2.24) is 4.98 Å². The molecule has 0 amide bonds. The van der Waals surface area contributed by atoms with E-state index in [1.165, 1.54) is 6.07 Å². The van der Waals surface area contributed by atoms with Gasteiger partial charge in [-0.2, -0.15) is 17.6 Å². The van der Waals surface area contributed by atoms with Gasteiger partial charge in [0.15, 0.2) is 0 Å². The van der Waals surface area contributed by atoms with E-state index in [0.717, 1.165) is 6.07 Å². The van der Waals surface area contributed by atoms with Crippen LogP contribution in [0.5, 0.6) is 0 Å². The second kappa shape index (κ2) is 4.95. The van der Waals surface area contributed by atoms with Gasteiger partial charge in [-0.3, -0.25) is 0 Å². The first kappa shape index (κ1) is 15.2. The number of rotatable bonds is 1. The van der Waals surface area contributed by atoms with Gasteiger partial charge in [-0.05, 0) is 45.7 Å². The summed E-state index contributed by atoms with van der Waals surface area (Å²) in [6.45, 7) is 5.40. The monoisotopic (exact) mass is 304 g/mol. The second-order valence-corrected chi connectivity index (χ2v) is 7.49. The summed E-state index contributed by atoms with van der Waals surface area (Å²) in [6.07, 6.45) is -3.56. The summed E-state index contributed by atoms with van der Waals surface area (Å²) < 4.78 is 53.4. The lowest BCUT2D eigenvalue weighted by Crippen LogP contribution is -2.20. The van der Waals surface area contributed by atoms with Gasteiger partial charge in [0.2, 0.25) is 0 Å². The van der Waals surface area contributed by atoms with Crippen LogP contribution in [0.25, 0.3) is 0 Å². The molecule has 0 aliphatic heterocycles. The highest BCUT2D eigenvalue weighted by Crippen LogP contribution is 2.31. The van der Waals surface area contributed by atoms with Crippen LogP contribution in [0.1, 0.15) is 44.1 Å². The summed E-state index contributed by atoms with van der Waals surface area (Å²) in [5, 5.41) is 0. The van der Waals surface area contributed by atoms with Crippen LogP contribution >= 0.6 is 0 Å². The summed E-state index contributed by atoms with van der Waals surface area (Å²) in [7, 11) is -1.42. The molecule has 1 atom stereocenters. The molecule has 1 heterocycles. The average Bonchev–Trinajstić information content (AvgIpc) is 2.69. The number of hydrogen-bond acceptors (Lipinski definition) is 2. The standard InChI is InChI=1S/C13H15F3N2OS/c1-12(2,3)20(19)18-10-6-5-9-8(10)4-7-11(17-9)13(14,15)16/h4,7H,5-6H2,1-3H3. The number of aromatic nitrogens is 1. The number of halogens is 3. The van der Waals surface area contributed by atoms with Crippen LogP contribution < -0.4 is 0 Å². The van der Waals surface area contributed by atoms with Gasteiger partial charge in [0.1, 0.15) is 16.7 Å². The molecule has 1 unspecified atom stereocenters. The number of aryl methyl sites for hydroxylation is 1. The molecule has 1 aliphatic rings. The van der Waals surface area contributed by atoms with E-state index >= 15 is 0 Å². The zero-order chi connectivity index (χ0) is 15.1. The first-order valence-corrected chi connectivity index (χ1v) is 7.27. The van der Waals surface area contributed by atoms with Gasteiger partial charge in [-0.1, -0.05) is 0 Å². The minimum Gasteiger partial charge on any atom is -0.248 e.